The van der Waals surface area contributed by atoms with E-state index in [1.54, 1.807) is 0 Å². The van der Waals surface area contributed by atoms with Gasteiger partial charge in [0.2, 0.25) is 5.95 Å². The molecule has 1 aromatic carbocycles. The van der Waals surface area contributed by atoms with Gasteiger partial charge in [0.25, 0.3) is 0 Å². The zero-order valence-corrected chi connectivity index (χ0v) is 13.4. The Morgan fingerprint density at radius 3 is 2.52 bits per heavy atom. The number of rotatable bonds is 4. The van der Waals surface area contributed by atoms with Crippen LogP contribution in [-0.2, 0) is 6.54 Å². The van der Waals surface area contributed by atoms with Gasteiger partial charge in [0, 0.05) is 22.6 Å². The first-order chi connectivity index (χ1) is 10.2. The summed E-state index contributed by atoms with van der Waals surface area (Å²) < 4.78 is 1.06. The van der Waals surface area contributed by atoms with Crippen LogP contribution >= 0.6 is 15.9 Å². The third-order valence-electron chi connectivity index (χ3n) is 3.82. The fraction of sp³-hybridized carbons (Fsp3) is 0.375. The first-order valence-electron chi connectivity index (χ1n) is 7.35. The quantitative estimate of drug-likeness (QED) is 0.885. The van der Waals surface area contributed by atoms with Gasteiger partial charge in [-0.1, -0.05) is 40.9 Å². The van der Waals surface area contributed by atoms with Crippen LogP contribution in [-0.4, -0.2) is 16.0 Å². The number of halogens is 1. The van der Waals surface area contributed by atoms with Crippen LogP contribution in [0, 0.1) is 0 Å². The van der Waals surface area contributed by atoms with Gasteiger partial charge >= 0.3 is 0 Å². The van der Waals surface area contributed by atoms with E-state index in [9.17, 15) is 0 Å². The lowest BCUT2D eigenvalue weighted by Gasteiger charge is -2.14. The second kappa shape index (κ2) is 6.54. The van der Waals surface area contributed by atoms with Crippen LogP contribution in [0.2, 0.25) is 0 Å². The Morgan fingerprint density at radius 1 is 1.14 bits per heavy atom. The third kappa shape index (κ3) is 3.60. The summed E-state index contributed by atoms with van der Waals surface area (Å²) in [7, 11) is 0. The maximum absolute atomic E-state index is 5.77. The van der Waals surface area contributed by atoms with Crippen molar-refractivity contribution in [3.05, 3.63) is 40.5 Å². The molecule has 0 saturated heterocycles. The number of hydrogen-bond acceptors (Lipinski definition) is 4. The maximum Gasteiger partial charge on any atom is 0.223 e. The molecule has 4 nitrogen and oxygen atoms in total. The number of nitrogens with zero attached hydrogens (tertiary/aromatic N) is 2. The summed E-state index contributed by atoms with van der Waals surface area (Å²) in [5, 5.41) is 3.45. The van der Waals surface area contributed by atoms with Gasteiger partial charge in [-0.15, -0.1) is 0 Å². The molecule has 1 aliphatic rings. The number of benzene rings is 1. The summed E-state index contributed by atoms with van der Waals surface area (Å²) in [6.45, 7) is 0.422. The molecule has 0 amide bonds. The van der Waals surface area contributed by atoms with E-state index in [2.05, 4.69) is 31.2 Å². The zero-order chi connectivity index (χ0) is 14.7. The molecule has 21 heavy (non-hydrogen) atoms. The van der Waals surface area contributed by atoms with Gasteiger partial charge in [-0.2, -0.15) is 0 Å². The molecule has 0 aliphatic heterocycles. The Hall–Kier alpha value is -1.46. The minimum Gasteiger partial charge on any atom is -0.351 e. The molecule has 3 rings (SSSR count). The van der Waals surface area contributed by atoms with E-state index in [1.807, 2.05) is 30.3 Å². The van der Waals surface area contributed by atoms with Crippen LogP contribution in [0.1, 0.15) is 31.4 Å². The van der Waals surface area contributed by atoms with E-state index in [0.717, 1.165) is 21.4 Å². The Balaban J connectivity index is 1.90. The molecule has 0 bridgehead atoms. The highest BCUT2D eigenvalue weighted by molar-refractivity contribution is 9.10. The summed E-state index contributed by atoms with van der Waals surface area (Å²) in [4.78, 5) is 9.15. The van der Waals surface area contributed by atoms with Crippen LogP contribution in [0.15, 0.2) is 34.8 Å². The van der Waals surface area contributed by atoms with Crippen molar-refractivity contribution in [3.63, 3.8) is 0 Å². The van der Waals surface area contributed by atoms with Gasteiger partial charge in [0.1, 0.15) is 0 Å². The summed E-state index contributed by atoms with van der Waals surface area (Å²) in [5.74, 6) is 0.697. The lowest BCUT2D eigenvalue weighted by molar-refractivity contribution is 0.742. The van der Waals surface area contributed by atoms with E-state index in [0.29, 0.717) is 18.5 Å². The molecule has 1 saturated carbocycles. The minimum absolute atomic E-state index is 0.422. The van der Waals surface area contributed by atoms with Crippen molar-refractivity contribution in [2.45, 2.75) is 38.3 Å². The van der Waals surface area contributed by atoms with Gasteiger partial charge in [-0.05, 0) is 31.0 Å². The van der Waals surface area contributed by atoms with Gasteiger partial charge < -0.3 is 11.1 Å². The van der Waals surface area contributed by atoms with Crippen LogP contribution in [0.5, 0.6) is 0 Å². The molecule has 0 radical (unpaired) electrons. The molecule has 0 unspecified atom stereocenters. The minimum atomic E-state index is 0.422. The lowest BCUT2D eigenvalue weighted by atomic mass is 10.1. The smallest absolute Gasteiger partial charge is 0.223 e. The predicted molar refractivity (Wildman–Crippen MR) is 88.9 cm³/mol. The van der Waals surface area contributed by atoms with Crippen LogP contribution in [0.25, 0.3) is 11.3 Å². The van der Waals surface area contributed by atoms with E-state index >= 15 is 0 Å². The first kappa shape index (κ1) is 14.5. The Bertz CT molecular complexity index is 606. The van der Waals surface area contributed by atoms with Crippen LogP contribution < -0.4 is 11.1 Å². The molecule has 1 aromatic heterocycles. The SMILES string of the molecule is NCc1cc(-c2ccc(Br)cc2)nc(NC2CCCC2)n1. The predicted octanol–water partition coefficient (Wildman–Crippen LogP) is 3.72. The van der Waals surface area contributed by atoms with Crippen molar-refractivity contribution in [2.24, 2.45) is 5.73 Å². The van der Waals surface area contributed by atoms with Crippen molar-refractivity contribution in [1.29, 1.82) is 0 Å². The molecule has 1 heterocycles. The van der Waals surface area contributed by atoms with Crippen molar-refractivity contribution in [2.75, 3.05) is 5.32 Å². The van der Waals surface area contributed by atoms with Crippen LogP contribution in [0.4, 0.5) is 5.95 Å². The number of anilines is 1. The van der Waals surface area contributed by atoms with Crippen molar-refractivity contribution in [3.8, 4) is 11.3 Å². The molecule has 1 aliphatic carbocycles. The fourth-order valence-corrected chi connectivity index (χ4v) is 2.95. The number of hydrogen-bond donors (Lipinski definition) is 2. The first-order valence-corrected chi connectivity index (χ1v) is 8.14. The highest BCUT2D eigenvalue weighted by Crippen LogP contribution is 2.24. The molecular formula is C16H19BrN4. The summed E-state index contributed by atoms with van der Waals surface area (Å²) >= 11 is 3.45. The molecule has 3 N–H and O–H groups in total. The fourth-order valence-electron chi connectivity index (χ4n) is 2.69. The van der Waals surface area contributed by atoms with E-state index in [4.69, 9.17) is 5.73 Å². The molecule has 5 heteroatoms. The van der Waals surface area contributed by atoms with E-state index in [1.165, 1.54) is 25.7 Å². The van der Waals surface area contributed by atoms with Gasteiger partial charge in [-0.25, -0.2) is 9.97 Å². The van der Waals surface area contributed by atoms with E-state index in [-0.39, 0.29) is 0 Å². The zero-order valence-electron chi connectivity index (χ0n) is 11.8. The number of aromatic nitrogens is 2. The van der Waals surface area contributed by atoms with Gasteiger partial charge in [-0.3, -0.25) is 0 Å². The Morgan fingerprint density at radius 2 is 1.86 bits per heavy atom. The van der Waals surface area contributed by atoms with Crippen molar-refractivity contribution in [1.82, 2.24) is 9.97 Å². The normalized spacial score (nSPS) is 15.3. The van der Waals surface area contributed by atoms with Gasteiger partial charge in [0.05, 0.1) is 11.4 Å². The largest absolute Gasteiger partial charge is 0.351 e. The average molecular weight is 347 g/mol. The summed E-state index contributed by atoms with van der Waals surface area (Å²) in [6.07, 6.45) is 4.97. The summed E-state index contributed by atoms with van der Waals surface area (Å²) in [6, 6.07) is 10.6. The van der Waals surface area contributed by atoms with Crippen molar-refractivity contribution >= 4 is 21.9 Å². The molecule has 110 valence electrons. The average Bonchev–Trinajstić information content (AvgIpc) is 3.00. The third-order valence-corrected chi connectivity index (χ3v) is 4.35. The Kier molecular flexibility index (Phi) is 4.51. The lowest BCUT2D eigenvalue weighted by Crippen LogP contribution is -2.17. The topological polar surface area (TPSA) is 63.8 Å². The Labute approximate surface area is 133 Å². The number of nitrogens with two attached hydrogens (primary N) is 1. The second-order valence-electron chi connectivity index (χ2n) is 5.40. The highest BCUT2D eigenvalue weighted by atomic mass is 79.9. The summed E-state index contributed by atoms with van der Waals surface area (Å²) in [5.41, 5.74) is 8.63. The van der Waals surface area contributed by atoms with Crippen LogP contribution in [0.3, 0.4) is 0 Å². The molecular weight excluding hydrogens is 328 g/mol. The standard InChI is InChI=1S/C16H19BrN4/c17-12-7-5-11(6-8-12)15-9-14(10-18)20-16(21-15)19-13-3-1-2-4-13/h5-9,13H,1-4,10,18H2,(H,19,20,21). The monoisotopic (exact) mass is 346 g/mol. The van der Waals surface area contributed by atoms with Gasteiger partial charge in [0.15, 0.2) is 0 Å². The van der Waals surface area contributed by atoms with Crippen molar-refractivity contribution < 1.29 is 0 Å². The second-order valence-corrected chi connectivity index (χ2v) is 6.32. The number of nitrogens with one attached hydrogen (secondary N) is 1. The molecule has 0 atom stereocenters. The molecule has 1 fully saturated rings. The van der Waals surface area contributed by atoms with E-state index < -0.39 is 0 Å². The molecule has 2 aromatic rings. The maximum atomic E-state index is 5.77. The molecule has 0 spiro atoms. The highest BCUT2D eigenvalue weighted by Gasteiger charge is 2.16.